The molecule has 0 radical (unpaired) electrons. The molecular weight excluding hydrogens is 314 g/mol. The number of benzene rings is 1. The van der Waals surface area contributed by atoms with Crippen LogP contribution in [0.25, 0.3) is 0 Å². The third kappa shape index (κ3) is 4.89. The van der Waals surface area contributed by atoms with E-state index in [1.54, 1.807) is 5.38 Å². The van der Waals surface area contributed by atoms with Gasteiger partial charge in [-0.25, -0.2) is 4.98 Å². The van der Waals surface area contributed by atoms with E-state index in [2.05, 4.69) is 25.8 Å². The molecule has 0 spiro atoms. The topological polar surface area (TPSA) is 76.5 Å². The van der Waals surface area contributed by atoms with Gasteiger partial charge in [0.05, 0.1) is 12.1 Å². The van der Waals surface area contributed by atoms with Crippen molar-refractivity contribution >= 4 is 23.1 Å². The van der Waals surface area contributed by atoms with E-state index >= 15 is 0 Å². The monoisotopic (exact) mass is 333 g/mol. The lowest BCUT2D eigenvalue weighted by atomic mass is 9.87. The SMILES string of the molecule is CC(C)(C)c1ccc(OCC(=O)c2nc(CC(=O)O)cs2)cc1. The van der Waals surface area contributed by atoms with Crippen molar-refractivity contribution in [3.8, 4) is 5.75 Å². The lowest BCUT2D eigenvalue weighted by molar-refractivity contribution is -0.136. The van der Waals surface area contributed by atoms with Crippen molar-refractivity contribution in [2.45, 2.75) is 32.6 Å². The molecule has 23 heavy (non-hydrogen) atoms. The summed E-state index contributed by atoms with van der Waals surface area (Å²) < 4.78 is 5.48. The number of hydrogen-bond donors (Lipinski definition) is 1. The predicted octanol–water partition coefficient (Wildman–Crippen LogP) is 3.33. The quantitative estimate of drug-likeness (QED) is 0.821. The zero-order chi connectivity index (χ0) is 17.0. The first-order chi connectivity index (χ1) is 10.8. The van der Waals surface area contributed by atoms with Crippen LogP contribution in [-0.2, 0) is 16.6 Å². The summed E-state index contributed by atoms with van der Waals surface area (Å²) in [5, 5.41) is 10.6. The number of ether oxygens (including phenoxy) is 1. The molecule has 0 bridgehead atoms. The van der Waals surface area contributed by atoms with Gasteiger partial charge in [0, 0.05) is 5.38 Å². The van der Waals surface area contributed by atoms with Crippen molar-refractivity contribution in [1.82, 2.24) is 4.98 Å². The molecule has 1 N–H and O–H groups in total. The Bertz CT molecular complexity index is 698. The van der Waals surface area contributed by atoms with Gasteiger partial charge in [-0.3, -0.25) is 9.59 Å². The lowest BCUT2D eigenvalue weighted by Gasteiger charge is -2.19. The minimum absolute atomic E-state index is 0.0653. The van der Waals surface area contributed by atoms with Gasteiger partial charge in [-0.1, -0.05) is 32.9 Å². The maximum Gasteiger partial charge on any atom is 0.309 e. The first-order valence-corrected chi connectivity index (χ1v) is 8.06. The van der Waals surface area contributed by atoms with Crippen LogP contribution < -0.4 is 4.74 Å². The lowest BCUT2D eigenvalue weighted by Crippen LogP contribution is -2.13. The van der Waals surface area contributed by atoms with Gasteiger partial charge in [0.15, 0.2) is 11.6 Å². The fourth-order valence-electron chi connectivity index (χ4n) is 1.93. The average molecular weight is 333 g/mol. The molecule has 1 aromatic carbocycles. The summed E-state index contributed by atoms with van der Waals surface area (Å²) in [5.41, 5.74) is 1.64. The molecule has 0 aliphatic carbocycles. The third-order valence-corrected chi connectivity index (χ3v) is 4.15. The Morgan fingerprint density at radius 2 is 1.87 bits per heavy atom. The van der Waals surface area contributed by atoms with Crippen molar-refractivity contribution in [3.63, 3.8) is 0 Å². The zero-order valence-corrected chi connectivity index (χ0v) is 14.1. The largest absolute Gasteiger partial charge is 0.485 e. The number of carbonyl (C=O) groups is 2. The van der Waals surface area contributed by atoms with Crippen molar-refractivity contribution < 1.29 is 19.4 Å². The van der Waals surface area contributed by atoms with Gasteiger partial charge < -0.3 is 9.84 Å². The van der Waals surface area contributed by atoms with Gasteiger partial charge in [0.25, 0.3) is 0 Å². The Morgan fingerprint density at radius 1 is 1.22 bits per heavy atom. The second-order valence-corrected chi connectivity index (χ2v) is 7.06. The van der Waals surface area contributed by atoms with Crippen LogP contribution in [0.3, 0.4) is 0 Å². The Kier molecular flexibility index (Phi) is 5.15. The average Bonchev–Trinajstić information content (AvgIpc) is 2.92. The molecule has 0 atom stereocenters. The Hall–Kier alpha value is -2.21. The minimum Gasteiger partial charge on any atom is -0.485 e. The first-order valence-electron chi connectivity index (χ1n) is 7.18. The van der Waals surface area contributed by atoms with E-state index in [4.69, 9.17) is 9.84 Å². The van der Waals surface area contributed by atoms with Gasteiger partial charge in [0.1, 0.15) is 5.75 Å². The summed E-state index contributed by atoms with van der Waals surface area (Å²) in [6, 6.07) is 7.64. The highest BCUT2D eigenvalue weighted by Gasteiger charge is 2.15. The van der Waals surface area contributed by atoms with Crippen LogP contribution in [0.1, 0.15) is 41.8 Å². The normalized spacial score (nSPS) is 11.3. The number of thiazole rings is 1. The van der Waals surface area contributed by atoms with Gasteiger partial charge in [-0.05, 0) is 23.1 Å². The molecule has 0 unspecified atom stereocenters. The van der Waals surface area contributed by atoms with E-state index in [9.17, 15) is 9.59 Å². The second kappa shape index (κ2) is 6.91. The molecular formula is C17H19NO4S. The first kappa shape index (κ1) is 17.1. The molecule has 0 aliphatic heterocycles. The standard InChI is InChI=1S/C17H19NO4S/c1-17(2,3)11-4-6-13(7-5-11)22-9-14(19)16-18-12(10-23-16)8-15(20)21/h4-7,10H,8-9H2,1-3H3,(H,20,21). The van der Waals surface area contributed by atoms with E-state index in [0.29, 0.717) is 11.4 Å². The molecule has 0 amide bonds. The number of hydrogen-bond acceptors (Lipinski definition) is 5. The van der Waals surface area contributed by atoms with Gasteiger partial charge in [-0.2, -0.15) is 0 Å². The van der Waals surface area contributed by atoms with Crippen LogP contribution in [0.4, 0.5) is 0 Å². The number of Topliss-reactive ketones (excluding diaryl/α,β-unsaturated/α-hetero) is 1. The van der Waals surface area contributed by atoms with Crippen LogP contribution >= 0.6 is 11.3 Å². The van der Waals surface area contributed by atoms with Crippen LogP contribution in [0, 0.1) is 0 Å². The number of ketones is 1. The molecule has 0 fully saturated rings. The van der Waals surface area contributed by atoms with Gasteiger partial charge >= 0.3 is 5.97 Å². The Labute approximate surface area is 138 Å². The number of carboxylic acids is 1. The van der Waals surface area contributed by atoms with Crippen LogP contribution in [-0.4, -0.2) is 28.4 Å². The summed E-state index contributed by atoms with van der Waals surface area (Å²) in [7, 11) is 0. The maximum atomic E-state index is 12.0. The summed E-state index contributed by atoms with van der Waals surface area (Å²) in [6.07, 6.45) is -0.182. The molecule has 2 rings (SSSR count). The van der Waals surface area contributed by atoms with Crippen LogP contribution in [0.15, 0.2) is 29.6 Å². The maximum absolute atomic E-state index is 12.0. The Morgan fingerprint density at radius 3 is 2.43 bits per heavy atom. The second-order valence-electron chi connectivity index (χ2n) is 6.20. The molecule has 0 saturated heterocycles. The summed E-state index contributed by atoms with van der Waals surface area (Å²) in [4.78, 5) is 26.6. The highest BCUT2D eigenvalue weighted by molar-refractivity contribution is 7.11. The van der Waals surface area contributed by atoms with Crippen molar-refractivity contribution in [2.24, 2.45) is 0 Å². The fraction of sp³-hybridized carbons (Fsp3) is 0.353. The van der Waals surface area contributed by atoms with E-state index in [-0.39, 0.29) is 29.2 Å². The van der Waals surface area contributed by atoms with E-state index in [1.165, 1.54) is 5.56 Å². The number of carbonyl (C=O) groups excluding carboxylic acids is 1. The van der Waals surface area contributed by atoms with Crippen LogP contribution in [0.2, 0.25) is 0 Å². The number of aliphatic carboxylic acids is 1. The Balaban J connectivity index is 1.94. The van der Waals surface area contributed by atoms with Gasteiger partial charge in [-0.15, -0.1) is 11.3 Å². The van der Waals surface area contributed by atoms with E-state index in [0.717, 1.165) is 11.3 Å². The number of nitrogens with zero attached hydrogens (tertiary/aromatic N) is 1. The summed E-state index contributed by atoms with van der Waals surface area (Å²) >= 11 is 1.14. The molecule has 0 saturated carbocycles. The van der Waals surface area contributed by atoms with Crippen LogP contribution in [0.5, 0.6) is 5.75 Å². The fourth-order valence-corrected chi connectivity index (χ4v) is 2.68. The molecule has 1 heterocycles. The summed E-state index contributed by atoms with van der Waals surface area (Å²) in [6.45, 7) is 6.27. The van der Waals surface area contributed by atoms with Crippen molar-refractivity contribution in [3.05, 3.63) is 45.9 Å². The van der Waals surface area contributed by atoms with Crippen molar-refractivity contribution in [1.29, 1.82) is 0 Å². The molecule has 2 aromatic rings. The van der Waals surface area contributed by atoms with Crippen molar-refractivity contribution in [2.75, 3.05) is 6.61 Å². The number of rotatable bonds is 6. The number of carboxylic acid groups (broad SMARTS) is 1. The minimum atomic E-state index is -0.968. The molecule has 5 nitrogen and oxygen atoms in total. The molecule has 0 aliphatic rings. The van der Waals surface area contributed by atoms with Gasteiger partial charge in [0.2, 0.25) is 5.78 Å². The molecule has 122 valence electrons. The predicted molar refractivity (Wildman–Crippen MR) is 88.4 cm³/mol. The van der Waals surface area contributed by atoms with E-state index < -0.39 is 5.97 Å². The van der Waals surface area contributed by atoms with E-state index in [1.807, 2.05) is 24.3 Å². The zero-order valence-electron chi connectivity index (χ0n) is 13.3. The smallest absolute Gasteiger partial charge is 0.309 e. The molecule has 1 aromatic heterocycles. The summed E-state index contributed by atoms with van der Waals surface area (Å²) in [5.74, 6) is -0.607. The molecule has 6 heteroatoms. The number of aromatic nitrogens is 1. The highest BCUT2D eigenvalue weighted by Crippen LogP contribution is 2.24. The third-order valence-electron chi connectivity index (χ3n) is 3.21. The highest BCUT2D eigenvalue weighted by atomic mass is 32.1.